The first-order valence-electron chi connectivity index (χ1n) is 7.40. The molecule has 4 heteroatoms. The van der Waals surface area contributed by atoms with Crippen LogP contribution in [0.3, 0.4) is 0 Å². The Hall–Kier alpha value is -0.970. The summed E-state index contributed by atoms with van der Waals surface area (Å²) in [7, 11) is 0. The molecule has 2 rings (SSSR count). The molecule has 0 spiro atoms. The molecule has 0 aliphatic carbocycles. The summed E-state index contributed by atoms with van der Waals surface area (Å²) in [5.74, 6) is 6.21. The fraction of sp³-hybridized carbons (Fsp3) is 0.688. The molecule has 1 fully saturated rings. The third-order valence-corrected chi connectivity index (χ3v) is 4.28. The lowest BCUT2D eigenvalue weighted by Gasteiger charge is -2.32. The topological polar surface area (TPSA) is 60.2 Å². The highest BCUT2D eigenvalue weighted by Crippen LogP contribution is 2.44. The van der Waals surface area contributed by atoms with Gasteiger partial charge in [-0.2, -0.15) is 0 Å². The van der Waals surface area contributed by atoms with Crippen LogP contribution in [0.15, 0.2) is 24.4 Å². The number of nitrogens with two attached hydrogens (primary N) is 1. The summed E-state index contributed by atoms with van der Waals surface area (Å²) in [4.78, 5) is 4.38. The van der Waals surface area contributed by atoms with Crippen molar-refractivity contribution < 1.29 is 4.74 Å². The molecule has 0 saturated carbocycles. The van der Waals surface area contributed by atoms with Crippen molar-refractivity contribution in [2.75, 3.05) is 0 Å². The molecular formula is C16H27N3O. The Labute approximate surface area is 122 Å². The number of aromatic nitrogens is 1. The zero-order valence-electron chi connectivity index (χ0n) is 13.0. The van der Waals surface area contributed by atoms with Crippen LogP contribution in [-0.4, -0.2) is 22.2 Å². The van der Waals surface area contributed by atoms with Crippen molar-refractivity contribution in [1.82, 2.24) is 10.4 Å². The third-order valence-electron chi connectivity index (χ3n) is 4.28. The summed E-state index contributed by atoms with van der Waals surface area (Å²) in [6, 6.07) is 6.28. The normalized spacial score (nSPS) is 25.6. The molecule has 1 saturated heterocycles. The van der Waals surface area contributed by atoms with E-state index in [-0.39, 0.29) is 17.2 Å². The van der Waals surface area contributed by atoms with Gasteiger partial charge in [-0.1, -0.05) is 6.07 Å². The van der Waals surface area contributed by atoms with Crippen molar-refractivity contribution in [1.29, 1.82) is 0 Å². The molecule has 1 aliphatic rings. The molecule has 1 aliphatic heterocycles. The fourth-order valence-electron chi connectivity index (χ4n) is 3.48. The molecule has 2 heterocycles. The highest BCUT2D eigenvalue weighted by molar-refractivity contribution is 5.05. The molecule has 0 bridgehead atoms. The largest absolute Gasteiger partial charge is 0.369 e. The van der Waals surface area contributed by atoms with Gasteiger partial charge in [-0.15, -0.1) is 0 Å². The highest BCUT2D eigenvalue weighted by atomic mass is 16.5. The van der Waals surface area contributed by atoms with Crippen molar-refractivity contribution in [2.45, 2.75) is 64.2 Å². The van der Waals surface area contributed by atoms with Gasteiger partial charge in [0.2, 0.25) is 0 Å². The average molecular weight is 277 g/mol. The zero-order chi connectivity index (χ0) is 14.8. The minimum atomic E-state index is -0.148. The van der Waals surface area contributed by atoms with E-state index in [0.29, 0.717) is 5.92 Å². The standard InChI is InChI=1S/C16H27N3O/c1-15(2)11-13(16(3,4)20-15)14(19-17)9-8-12-7-5-6-10-18-12/h5-7,10,13-14,19H,8-9,11,17H2,1-4H3. The van der Waals surface area contributed by atoms with Gasteiger partial charge >= 0.3 is 0 Å². The SMILES string of the molecule is CC1(C)CC(C(CCc2ccccn2)NN)C(C)(C)O1. The maximum absolute atomic E-state index is 6.17. The first-order valence-corrected chi connectivity index (χ1v) is 7.40. The van der Waals surface area contributed by atoms with Crippen molar-refractivity contribution >= 4 is 0 Å². The molecule has 0 aromatic carbocycles. The summed E-state index contributed by atoms with van der Waals surface area (Å²) in [5.41, 5.74) is 3.89. The van der Waals surface area contributed by atoms with Gasteiger partial charge in [0.15, 0.2) is 0 Å². The minimum absolute atomic E-state index is 0.0751. The Morgan fingerprint density at radius 3 is 2.65 bits per heavy atom. The Morgan fingerprint density at radius 2 is 2.15 bits per heavy atom. The van der Waals surface area contributed by atoms with Crippen LogP contribution >= 0.6 is 0 Å². The fourth-order valence-corrected chi connectivity index (χ4v) is 3.48. The van der Waals surface area contributed by atoms with Crippen molar-refractivity contribution in [3.05, 3.63) is 30.1 Å². The first-order chi connectivity index (χ1) is 9.34. The number of rotatable bonds is 5. The predicted octanol–water partition coefficient (Wildman–Crippen LogP) is 2.44. The Morgan fingerprint density at radius 1 is 1.40 bits per heavy atom. The number of nitrogens with zero attached hydrogens (tertiary/aromatic N) is 1. The number of aryl methyl sites for hydroxylation is 1. The Kier molecular flexibility index (Phi) is 4.47. The van der Waals surface area contributed by atoms with E-state index in [0.717, 1.165) is 25.0 Å². The lowest BCUT2D eigenvalue weighted by molar-refractivity contribution is -0.0779. The second kappa shape index (κ2) is 5.80. The number of pyridine rings is 1. The second-order valence-electron chi connectivity index (χ2n) is 6.91. The molecule has 1 aromatic heterocycles. The van der Waals surface area contributed by atoms with Crippen LogP contribution in [0.4, 0.5) is 0 Å². The van der Waals surface area contributed by atoms with Gasteiger partial charge in [-0.05, 0) is 59.1 Å². The summed E-state index contributed by atoms with van der Waals surface area (Å²) in [6.07, 6.45) is 4.77. The predicted molar refractivity (Wildman–Crippen MR) is 81.0 cm³/mol. The highest BCUT2D eigenvalue weighted by Gasteiger charge is 2.48. The monoisotopic (exact) mass is 277 g/mol. The van der Waals surface area contributed by atoms with Gasteiger partial charge in [-0.25, -0.2) is 0 Å². The summed E-state index contributed by atoms with van der Waals surface area (Å²) in [5, 5.41) is 0. The van der Waals surface area contributed by atoms with Crippen LogP contribution < -0.4 is 11.3 Å². The molecule has 112 valence electrons. The number of hydrogen-bond acceptors (Lipinski definition) is 4. The number of hydrazine groups is 1. The third kappa shape index (κ3) is 3.57. The summed E-state index contributed by atoms with van der Waals surface area (Å²) < 4.78 is 6.17. The van der Waals surface area contributed by atoms with E-state index >= 15 is 0 Å². The molecule has 0 amide bonds. The van der Waals surface area contributed by atoms with Gasteiger partial charge in [0, 0.05) is 23.9 Å². The van der Waals surface area contributed by atoms with E-state index in [1.54, 1.807) is 0 Å². The number of nitrogens with one attached hydrogen (secondary N) is 1. The zero-order valence-corrected chi connectivity index (χ0v) is 13.0. The van der Waals surface area contributed by atoms with Gasteiger partial charge in [0.25, 0.3) is 0 Å². The molecule has 20 heavy (non-hydrogen) atoms. The lowest BCUT2D eigenvalue weighted by atomic mass is 9.80. The van der Waals surface area contributed by atoms with E-state index in [1.165, 1.54) is 0 Å². The first kappa shape index (κ1) is 15.4. The maximum Gasteiger partial charge on any atom is 0.0678 e. The van der Waals surface area contributed by atoms with Gasteiger partial charge < -0.3 is 4.74 Å². The van der Waals surface area contributed by atoms with Crippen molar-refractivity contribution in [3.63, 3.8) is 0 Å². The van der Waals surface area contributed by atoms with E-state index < -0.39 is 0 Å². The van der Waals surface area contributed by atoms with E-state index in [4.69, 9.17) is 10.6 Å². The summed E-state index contributed by atoms with van der Waals surface area (Å²) >= 11 is 0. The molecule has 0 radical (unpaired) electrons. The van der Waals surface area contributed by atoms with E-state index in [2.05, 4.69) is 44.2 Å². The van der Waals surface area contributed by atoms with Crippen LogP contribution in [-0.2, 0) is 11.2 Å². The molecule has 2 atom stereocenters. The van der Waals surface area contributed by atoms with Crippen LogP contribution in [0, 0.1) is 5.92 Å². The maximum atomic E-state index is 6.17. The van der Waals surface area contributed by atoms with Gasteiger partial charge in [0.1, 0.15) is 0 Å². The number of ether oxygens (including phenoxy) is 1. The van der Waals surface area contributed by atoms with Crippen LogP contribution in [0.1, 0.15) is 46.2 Å². The summed E-state index contributed by atoms with van der Waals surface area (Å²) in [6.45, 7) is 8.64. The molecule has 3 N–H and O–H groups in total. The smallest absolute Gasteiger partial charge is 0.0678 e. The van der Waals surface area contributed by atoms with Crippen LogP contribution in [0.5, 0.6) is 0 Å². The Bertz CT molecular complexity index is 431. The van der Waals surface area contributed by atoms with Crippen molar-refractivity contribution in [2.24, 2.45) is 11.8 Å². The van der Waals surface area contributed by atoms with E-state index in [9.17, 15) is 0 Å². The van der Waals surface area contributed by atoms with Gasteiger partial charge in [-0.3, -0.25) is 16.3 Å². The van der Waals surface area contributed by atoms with Crippen LogP contribution in [0.25, 0.3) is 0 Å². The Balaban J connectivity index is 2.01. The molecular weight excluding hydrogens is 250 g/mol. The molecule has 1 aromatic rings. The van der Waals surface area contributed by atoms with Gasteiger partial charge in [0.05, 0.1) is 11.2 Å². The average Bonchev–Trinajstić information content (AvgIpc) is 2.60. The van der Waals surface area contributed by atoms with E-state index in [1.807, 2.05) is 18.3 Å². The molecule has 4 nitrogen and oxygen atoms in total. The molecule has 2 unspecified atom stereocenters. The quantitative estimate of drug-likeness (QED) is 0.641. The minimum Gasteiger partial charge on any atom is -0.369 e. The van der Waals surface area contributed by atoms with Crippen LogP contribution in [0.2, 0.25) is 0 Å². The number of hydrogen-bond donors (Lipinski definition) is 2. The lowest BCUT2D eigenvalue weighted by Crippen LogP contribution is -2.47. The van der Waals surface area contributed by atoms with Crippen molar-refractivity contribution in [3.8, 4) is 0 Å². The second-order valence-corrected chi connectivity index (χ2v) is 6.91.